The van der Waals surface area contributed by atoms with Crippen molar-refractivity contribution < 1.29 is 8.42 Å². The fourth-order valence-electron chi connectivity index (χ4n) is 2.71. The minimum Gasteiger partial charge on any atom is -0.225 e. The van der Waals surface area contributed by atoms with E-state index in [0.29, 0.717) is 11.8 Å². The number of hydrogen-bond donors (Lipinski definition) is 1. The zero-order valence-electron chi connectivity index (χ0n) is 12.8. The van der Waals surface area contributed by atoms with E-state index in [9.17, 15) is 8.42 Å². The van der Waals surface area contributed by atoms with E-state index in [-0.39, 0.29) is 10.3 Å². The van der Waals surface area contributed by atoms with Crippen LogP contribution in [0.15, 0.2) is 41.3 Å². The Morgan fingerprint density at radius 1 is 1.14 bits per heavy atom. The summed E-state index contributed by atoms with van der Waals surface area (Å²) in [6, 6.07) is 11.3. The van der Waals surface area contributed by atoms with Crippen LogP contribution in [0.25, 0.3) is 10.8 Å². The number of aryl methyl sites for hydroxylation is 1. The maximum atomic E-state index is 12.0. The standard InChI is InChI=1S/C17H22ClNO2S/c1-2-15(18)9-5-3-8-14-12-11-13-7-4-6-10-16(13)17(14)22(19,20)21/h4,6-7,10-12,15H,2-3,5,8-9H2,1H3,(H2,19,20,21). The first kappa shape index (κ1) is 17.3. The van der Waals surface area contributed by atoms with Crippen LogP contribution in [-0.4, -0.2) is 13.8 Å². The largest absolute Gasteiger partial charge is 0.238 e. The van der Waals surface area contributed by atoms with Crippen LogP contribution in [0.3, 0.4) is 0 Å². The van der Waals surface area contributed by atoms with Crippen LogP contribution < -0.4 is 5.14 Å². The van der Waals surface area contributed by atoms with Crippen LogP contribution in [0.2, 0.25) is 0 Å². The van der Waals surface area contributed by atoms with Gasteiger partial charge in [0.1, 0.15) is 0 Å². The molecular formula is C17H22ClNO2S. The van der Waals surface area contributed by atoms with Gasteiger partial charge in [-0.05, 0) is 36.6 Å². The van der Waals surface area contributed by atoms with Gasteiger partial charge in [-0.15, -0.1) is 11.6 Å². The zero-order chi connectivity index (χ0) is 16.2. The average molecular weight is 340 g/mol. The SMILES string of the molecule is CCC(Cl)CCCCc1ccc2ccccc2c1S(N)(=O)=O. The molecule has 0 saturated heterocycles. The van der Waals surface area contributed by atoms with Gasteiger partial charge in [-0.3, -0.25) is 0 Å². The van der Waals surface area contributed by atoms with Crippen molar-refractivity contribution in [1.82, 2.24) is 0 Å². The Labute approximate surface area is 137 Å². The van der Waals surface area contributed by atoms with E-state index in [1.54, 1.807) is 0 Å². The second kappa shape index (κ2) is 7.44. The highest BCUT2D eigenvalue weighted by Gasteiger charge is 2.17. The molecule has 0 aliphatic rings. The smallest absolute Gasteiger partial charge is 0.225 e. The lowest BCUT2D eigenvalue weighted by atomic mass is 10.0. The van der Waals surface area contributed by atoms with Crippen molar-refractivity contribution in [2.24, 2.45) is 5.14 Å². The van der Waals surface area contributed by atoms with Crippen molar-refractivity contribution in [2.75, 3.05) is 0 Å². The van der Waals surface area contributed by atoms with Gasteiger partial charge in [0.15, 0.2) is 0 Å². The molecule has 0 bridgehead atoms. The summed E-state index contributed by atoms with van der Waals surface area (Å²) in [6.45, 7) is 2.07. The van der Waals surface area contributed by atoms with Crippen molar-refractivity contribution in [3.8, 4) is 0 Å². The summed E-state index contributed by atoms with van der Waals surface area (Å²) in [5.74, 6) is 0. The molecule has 2 N–H and O–H groups in total. The lowest BCUT2D eigenvalue weighted by Gasteiger charge is -2.12. The highest BCUT2D eigenvalue weighted by atomic mass is 35.5. The van der Waals surface area contributed by atoms with Gasteiger partial charge >= 0.3 is 0 Å². The Kier molecular flexibility index (Phi) is 5.84. The second-order valence-electron chi connectivity index (χ2n) is 5.57. The molecule has 0 aliphatic carbocycles. The normalized spacial score (nSPS) is 13.4. The van der Waals surface area contributed by atoms with Gasteiger partial charge in [0, 0.05) is 10.8 Å². The third-order valence-electron chi connectivity index (χ3n) is 3.90. The average Bonchev–Trinajstić information content (AvgIpc) is 2.49. The molecule has 0 aliphatic heterocycles. The number of sulfonamides is 1. The van der Waals surface area contributed by atoms with E-state index in [1.165, 1.54) is 0 Å². The number of rotatable bonds is 7. The van der Waals surface area contributed by atoms with Crippen LogP contribution in [-0.2, 0) is 16.4 Å². The number of halogens is 1. The molecule has 0 fully saturated rings. The first-order valence-corrected chi connectivity index (χ1v) is 9.59. The summed E-state index contributed by atoms with van der Waals surface area (Å²) in [6.07, 6.45) is 4.50. The summed E-state index contributed by atoms with van der Waals surface area (Å²) in [7, 11) is -3.74. The van der Waals surface area contributed by atoms with Crippen molar-refractivity contribution in [3.63, 3.8) is 0 Å². The Bertz CT molecular complexity index is 743. The van der Waals surface area contributed by atoms with Crippen LogP contribution >= 0.6 is 11.6 Å². The third-order valence-corrected chi connectivity index (χ3v) is 5.48. The first-order chi connectivity index (χ1) is 10.4. The van der Waals surface area contributed by atoms with Crippen LogP contribution in [0.1, 0.15) is 38.2 Å². The van der Waals surface area contributed by atoms with Gasteiger partial charge in [-0.1, -0.05) is 49.7 Å². The van der Waals surface area contributed by atoms with E-state index in [2.05, 4.69) is 6.92 Å². The number of fused-ring (bicyclic) bond motifs is 1. The number of alkyl halides is 1. The van der Waals surface area contributed by atoms with E-state index < -0.39 is 10.0 Å². The zero-order valence-corrected chi connectivity index (χ0v) is 14.3. The topological polar surface area (TPSA) is 60.2 Å². The van der Waals surface area contributed by atoms with Gasteiger partial charge in [-0.2, -0.15) is 0 Å². The first-order valence-electron chi connectivity index (χ1n) is 7.61. The molecule has 2 rings (SSSR count). The summed E-state index contributed by atoms with van der Waals surface area (Å²) >= 11 is 6.11. The van der Waals surface area contributed by atoms with Gasteiger partial charge in [0.2, 0.25) is 10.0 Å². The minimum absolute atomic E-state index is 0.203. The molecule has 2 aromatic rings. The number of unbranched alkanes of at least 4 members (excludes halogenated alkanes) is 1. The van der Waals surface area contributed by atoms with E-state index >= 15 is 0 Å². The van der Waals surface area contributed by atoms with Crippen LogP contribution in [0, 0.1) is 0 Å². The van der Waals surface area contributed by atoms with Gasteiger partial charge in [0.05, 0.1) is 4.90 Å². The predicted octanol–water partition coefficient (Wildman–Crippen LogP) is 4.22. The summed E-state index contributed by atoms with van der Waals surface area (Å²) in [5, 5.41) is 7.24. The van der Waals surface area contributed by atoms with Crippen LogP contribution in [0.5, 0.6) is 0 Å². The van der Waals surface area contributed by atoms with Gasteiger partial charge in [-0.25, -0.2) is 13.6 Å². The fourth-order valence-corrected chi connectivity index (χ4v) is 3.89. The maximum Gasteiger partial charge on any atom is 0.238 e. The molecule has 0 saturated carbocycles. The molecule has 1 atom stereocenters. The lowest BCUT2D eigenvalue weighted by molar-refractivity contribution is 0.595. The maximum absolute atomic E-state index is 12.0. The van der Waals surface area contributed by atoms with Gasteiger partial charge in [0.25, 0.3) is 0 Å². The Morgan fingerprint density at radius 3 is 2.55 bits per heavy atom. The Morgan fingerprint density at radius 2 is 1.86 bits per heavy atom. The molecule has 0 aromatic heterocycles. The molecule has 3 nitrogen and oxygen atoms in total. The quantitative estimate of drug-likeness (QED) is 0.606. The molecule has 0 heterocycles. The monoisotopic (exact) mass is 339 g/mol. The van der Waals surface area contributed by atoms with Crippen LogP contribution in [0.4, 0.5) is 0 Å². The molecule has 22 heavy (non-hydrogen) atoms. The molecule has 5 heteroatoms. The van der Waals surface area contributed by atoms with Crippen molar-refractivity contribution in [2.45, 2.75) is 49.3 Å². The summed E-state index contributed by atoms with van der Waals surface area (Å²) < 4.78 is 24.0. The van der Waals surface area contributed by atoms with Crippen molar-refractivity contribution in [1.29, 1.82) is 0 Å². The summed E-state index contributed by atoms with van der Waals surface area (Å²) in [4.78, 5) is 0.267. The van der Waals surface area contributed by atoms with E-state index in [4.69, 9.17) is 16.7 Å². The molecule has 2 aromatic carbocycles. The highest BCUT2D eigenvalue weighted by Crippen LogP contribution is 2.27. The number of benzene rings is 2. The third kappa shape index (κ3) is 4.22. The predicted molar refractivity (Wildman–Crippen MR) is 92.8 cm³/mol. The van der Waals surface area contributed by atoms with Gasteiger partial charge < -0.3 is 0 Å². The molecule has 0 radical (unpaired) electrons. The molecule has 120 valence electrons. The van der Waals surface area contributed by atoms with Crippen molar-refractivity contribution in [3.05, 3.63) is 42.0 Å². The Balaban J connectivity index is 2.26. The number of nitrogens with two attached hydrogens (primary N) is 1. The molecule has 0 amide bonds. The summed E-state index contributed by atoms with van der Waals surface area (Å²) in [5.41, 5.74) is 0.795. The Hall–Kier alpha value is -1.10. The lowest BCUT2D eigenvalue weighted by Crippen LogP contribution is -2.15. The van der Waals surface area contributed by atoms with E-state index in [0.717, 1.165) is 36.6 Å². The van der Waals surface area contributed by atoms with Crippen molar-refractivity contribution >= 4 is 32.4 Å². The van der Waals surface area contributed by atoms with E-state index in [1.807, 2.05) is 36.4 Å². The fraction of sp³-hybridized carbons (Fsp3) is 0.412. The molecule has 0 spiro atoms. The number of hydrogen-bond acceptors (Lipinski definition) is 2. The molecule has 1 unspecified atom stereocenters. The molecular weight excluding hydrogens is 318 g/mol. The minimum atomic E-state index is -3.74. The number of primary sulfonamides is 1. The second-order valence-corrected chi connectivity index (χ2v) is 7.69. The highest BCUT2D eigenvalue weighted by molar-refractivity contribution is 7.89.